The monoisotopic (exact) mass is 325 g/mol. The van der Waals surface area contributed by atoms with E-state index in [0.717, 1.165) is 11.3 Å². The van der Waals surface area contributed by atoms with Gasteiger partial charge in [0.2, 0.25) is 10.0 Å². The molecule has 0 saturated heterocycles. The number of hydrogen-bond donors (Lipinski definition) is 2. The number of carboxylic acid groups (broad SMARTS) is 1. The van der Waals surface area contributed by atoms with Gasteiger partial charge in [-0.25, -0.2) is 13.1 Å². The van der Waals surface area contributed by atoms with Gasteiger partial charge in [0, 0.05) is 6.54 Å². The summed E-state index contributed by atoms with van der Waals surface area (Å²) in [5.74, 6) is -1.55. The molecule has 2 N–H and O–H groups in total. The van der Waals surface area contributed by atoms with Crippen LogP contribution in [0.5, 0.6) is 0 Å². The van der Waals surface area contributed by atoms with E-state index in [9.17, 15) is 13.2 Å². The Bertz CT molecular complexity index is 539. The van der Waals surface area contributed by atoms with Crippen LogP contribution < -0.4 is 4.72 Å². The topological polar surface area (TPSA) is 83.5 Å². The largest absolute Gasteiger partial charge is 0.481 e. The predicted octanol–water partition coefficient (Wildman–Crippen LogP) is 2.43. The number of carboxylic acids is 1. The van der Waals surface area contributed by atoms with Crippen LogP contribution in [0.25, 0.3) is 0 Å². The lowest BCUT2D eigenvalue weighted by Gasteiger charge is -2.15. The fraction of sp³-hybridized carbons (Fsp3) is 0.545. The molecule has 1 aromatic heterocycles. The van der Waals surface area contributed by atoms with E-state index in [4.69, 9.17) is 16.7 Å². The molecule has 0 aliphatic rings. The van der Waals surface area contributed by atoms with Gasteiger partial charge in [0.15, 0.2) is 0 Å². The van der Waals surface area contributed by atoms with Crippen LogP contribution in [0, 0.1) is 11.8 Å². The molecule has 0 aromatic carbocycles. The molecule has 0 bridgehead atoms. The first-order chi connectivity index (χ1) is 8.72. The van der Waals surface area contributed by atoms with Gasteiger partial charge < -0.3 is 5.11 Å². The van der Waals surface area contributed by atoms with Gasteiger partial charge in [0.1, 0.15) is 4.21 Å². The van der Waals surface area contributed by atoms with Crippen molar-refractivity contribution >= 4 is 38.9 Å². The summed E-state index contributed by atoms with van der Waals surface area (Å²) in [6.45, 7) is 3.67. The molecule has 0 amide bonds. The van der Waals surface area contributed by atoms with Crippen molar-refractivity contribution in [2.45, 2.75) is 24.5 Å². The van der Waals surface area contributed by atoms with E-state index in [1.165, 1.54) is 12.1 Å². The van der Waals surface area contributed by atoms with Crippen LogP contribution in [0.4, 0.5) is 0 Å². The molecule has 0 radical (unpaired) electrons. The lowest BCUT2D eigenvalue weighted by Crippen LogP contribution is -2.33. The summed E-state index contributed by atoms with van der Waals surface area (Å²) >= 11 is 6.62. The van der Waals surface area contributed by atoms with Crippen LogP contribution in [0.2, 0.25) is 4.34 Å². The highest BCUT2D eigenvalue weighted by Crippen LogP contribution is 2.25. The van der Waals surface area contributed by atoms with Gasteiger partial charge in [0.05, 0.1) is 10.3 Å². The Balaban J connectivity index is 2.71. The Morgan fingerprint density at radius 2 is 2.11 bits per heavy atom. The zero-order valence-corrected chi connectivity index (χ0v) is 13.0. The highest BCUT2D eigenvalue weighted by atomic mass is 35.5. The summed E-state index contributed by atoms with van der Waals surface area (Å²) in [4.78, 5) is 11.0. The van der Waals surface area contributed by atoms with Gasteiger partial charge in [-0.15, -0.1) is 11.3 Å². The minimum Gasteiger partial charge on any atom is -0.481 e. The van der Waals surface area contributed by atoms with Crippen molar-refractivity contribution in [3.05, 3.63) is 16.5 Å². The average Bonchev–Trinajstić information content (AvgIpc) is 2.71. The van der Waals surface area contributed by atoms with E-state index in [1.807, 2.05) is 13.8 Å². The quantitative estimate of drug-likeness (QED) is 0.806. The highest BCUT2D eigenvalue weighted by Gasteiger charge is 2.23. The SMILES string of the molecule is CC(C)CC(CNS(=O)(=O)c1ccc(Cl)s1)C(=O)O. The molecule has 5 nitrogen and oxygen atoms in total. The van der Waals surface area contributed by atoms with Crippen molar-refractivity contribution in [1.29, 1.82) is 0 Å². The molecule has 19 heavy (non-hydrogen) atoms. The zero-order chi connectivity index (χ0) is 14.6. The fourth-order valence-electron chi connectivity index (χ4n) is 1.56. The van der Waals surface area contributed by atoms with Crippen molar-refractivity contribution in [1.82, 2.24) is 4.72 Å². The first-order valence-electron chi connectivity index (χ1n) is 5.70. The second kappa shape index (κ2) is 6.69. The molecule has 1 heterocycles. The third-order valence-electron chi connectivity index (χ3n) is 2.44. The molecule has 0 fully saturated rings. The molecular weight excluding hydrogens is 310 g/mol. The van der Waals surface area contributed by atoms with Crippen molar-refractivity contribution < 1.29 is 18.3 Å². The number of halogens is 1. The highest BCUT2D eigenvalue weighted by molar-refractivity contribution is 7.91. The van der Waals surface area contributed by atoms with Crippen LogP contribution in [-0.4, -0.2) is 26.0 Å². The van der Waals surface area contributed by atoms with E-state index in [1.54, 1.807) is 0 Å². The lowest BCUT2D eigenvalue weighted by atomic mass is 9.98. The average molecular weight is 326 g/mol. The summed E-state index contributed by atoms with van der Waals surface area (Å²) in [6.07, 6.45) is 0.420. The number of aliphatic carboxylic acids is 1. The molecular formula is C11H16ClNO4S2. The van der Waals surface area contributed by atoms with Crippen LogP contribution in [0.3, 0.4) is 0 Å². The van der Waals surface area contributed by atoms with Crippen LogP contribution in [0.1, 0.15) is 20.3 Å². The minimum absolute atomic E-state index is 0.0891. The Morgan fingerprint density at radius 3 is 2.53 bits per heavy atom. The molecule has 0 saturated carbocycles. The van der Waals surface area contributed by atoms with Gasteiger partial charge >= 0.3 is 5.97 Å². The summed E-state index contributed by atoms with van der Waals surface area (Å²) in [5.41, 5.74) is 0. The Morgan fingerprint density at radius 1 is 1.47 bits per heavy atom. The maximum absolute atomic E-state index is 11.9. The Labute approximate surface area is 121 Å². The standard InChI is InChI=1S/C11H16ClNO4S2/c1-7(2)5-8(11(14)15)6-13-19(16,17)10-4-3-9(12)18-10/h3-4,7-8,13H,5-6H2,1-2H3,(H,14,15). The van der Waals surface area contributed by atoms with Crippen LogP contribution in [-0.2, 0) is 14.8 Å². The third-order valence-corrected chi connectivity index (χ3v) is 5.58. The van der Waals surface area contributed by atoms with E-state index in [0.29, 0.717) is 10.8 Å². The van der Waals surface area contributed by atoms with Crippen molar-refractivity contribution in [2.24, 2.45) is 11.8 Å². The first-order valence-corrected chi connectivity index (χ1v) is 8.38. The first kappa shape index (κ1) is 16.4. The van der Waals surface area contributed by atoms with Gasteiger partial charge in [0.25, 0.3) is 0 Å². The maximum atomic E-state index is 11.9. The number of hydrogen-bond acceptors (Lipinski definition) is 4. The zero-order valence-electron chi connectivity index (χ0n) is 10.6. The Kier molecular flexibility index (Phi) is 5.79. The Hall–Kier alpha value is -0.630. The van der Waals surface area contributed by atoms with E-state index in [2.05, 4.69) is 4.72 Å². The summed E-state index contributed by atoms with van der Waals surface area (Å²) in [6, 6.07) is 2.89. The molecule has 1 unspecified atom stereocenters. The summed E-state index contributed by atoms with van der Waals surface area (Å²) in [5, 5.41) is 9.04. The van der Waals surface area contributed by atoms with Crippen molar-refractivity contribution in [3.63, 3.8) is 0 Å². The molecule has 8 heteroatoms. The summed E-state index contributed by atoms with van der Waals surface area (Å²) in [7, 11) is -3.68. The van der Waals surface area contributed by atoms with Gasteiger partial charge in [-0.2, -0.15) is 0 Å². The molecule has 0 aliphatic carbocycles. The summed E-state index contributed by atoms with van der Waals surface area (Å²) < 4.78 is 26.6. The molecule has 0 aliphatic heterocycles. The number of carbonyl (C=O) groups is 1. The van der Waals surface area contributed by atoms with Crippen molar-refractivity contribution in [3.8, 4) is 0 Å². The number of rotatable bonds is 7. The number of sulfonamides is 1. The van der Waals surface area contributed by atoms with Crippen molar-refractivity contribution in [2.75, 3.05) is 6.54 Å². The van der Waals surface area contributed by atoms with Crippen LogP contribution >= 0.6 is 22.9 Å². The molecule has 1 atom stereocenters. The maximum Gasteiger partial charge on any atom is 0.307 e. The van der Waals surface area contributed by atoms with Gasteiger partial charge in [-0.05, 0) is 24.5 Å². The number of nitrogens with one attached hydrogen (secondary N) is 1. The van der Waals surface area contributed by atoms with E-state index in [-0.39, 0.29) is 16.7 Å². The smallest absolute Gasteiger partial charge is 0.307 e. The molecule has 1 aromatic rings. The molecule has 1 rings (SSSR count). The normalized spacial score (nSPS) is 13.7. The van der Waals surface area contributed by atoms with Crippen LogP contribution in [0.15, 0.2) is 16.3 Å². The number of thiophene rings is 1. The van der Waals surface area contributed by atoms with E-state index < -0.39 is 21.9 Å². The predicted molar refractivity (Wildman–Crippen MR) is 75.1 cm³/mol. The third kappa shape index (κ3) is 5.10. The van der Waals surface area contributed by atoms with E-state index >= 15 is 0 Å². The second-order valence-corrected chi connectivity index (χ2v) is 8.28. The molecule has 108 valence electrons. The minimum atomic E-state index is -3.68. The van der Waals surface area contributed by atoms with Gasteiger partial charge in [-0.3, -0.25) is 4.79 Å². The fourth-order valence-corrected chi connectivity index (χ4v) is 4.17. The van der Waals surface area contributed by atoms with Gasteiger partial charge in [-0.1, -0.05) is 25.4 Å². The second-order valence-electron chi connectivity index (χ2n) is 4.58. The lowest BCUT2D eigenvalue weighted by molar-refractivity contribution is -0.142. The molecule has 0 spiro atoms.